The Bertz CT molecular complexity index is 725. The Labute approximate surface area is 148 Å². The lowest BCUT2D eigenvalue weighted by Gasteiger charge is -2.26. The number of nitrogens with zero attached hydrogens (tertiary/aromatic N) is 2. The smallest absolute Gasteiger partial charge is 0.269 e. The molecule has 130 valence electrons. The van der Waals surface area contributed by atoms with Crippen LogP contribution in [-0.2, 0) is 6.42 Å². The molecule has 0 unspecified atom stereocenters. The van der Waals surface area contributed by atoms with E-state index in [0.717, 1.165) is 32.4 Å². The molecule has 0 aliphatic carbocycles. The van der Waals surface area contributed by atoms with E-state index in [1.165, 1.54) is 18.2 Å². The predicted molar refractivity (Wildman–Crippen MR) is 96.5 cm³/mol. The minimum absolute atomic E-state index is 0.0135. The lowest BCUT2D eigenvalue weighted by Crippen LogP contribution is -2.35. The van der Waals surface area contributed by atoms with Crippen LogP contribution in [0.1, 0.15) is 45.7 Å². The van der Waals surface area contributed by atoms with Gasteiger partial charge in [0.1, 0.15) is 5.69 Å². The number of piperidine rings is 1. The largest absolute Gasteiger partial charge is 0.350 e. The fourth-order valence-corrected chi connectivity index (χ4v) is 3.02. The highest BCUT2D eigenvalue weighted by Gasteiger charge is 2.19. The monoisotopic (exact) mass is 337 g/mol. The average molecular weight is 337 g/mol. The molecule has 0 saturated carbocycles. The van der Waals surface area contributed by atoms with E-state index in [1.54, 1.807) is 12.1 Å². The zero-order chi connectivity index (χ0) is 17.5. The van der Waals surface area contributed by atoms with Gasteiger partial charge < -0.3 is 10.2 Å². The van der Waals surface area contributed by atoms with Gasteiger partial charge in [0.05, 0.1) is 0 Å². The van der Waals surface area contributed by atoms with Gasteiger partial charge in [0.25, 0.3) is 11.8 Å². The number of carbonyl (C=O) groups is 2. The molecule has 3 rings (SSSR count). The number of carbonyl (C=O) groups excluding carboxylic acids is 2. The predicted octanol–water partition coefficient (Wildman–Crippen LogP) is 2.68. The molecule has 5 nitrogen and oxygen atoms in total. The Morgan fingerprint density at radius 3 is 2.56 bits per heavy atom. The molecule has 2 heterocycles. The standard InChI is InChI=1S/C20H23N3O2/c24-19(22-11-9-16-7-3-1-4-8-16)18-15-17(10-12-21-18)20(25)23-13-5-2-6-14-23/h1,3-4,7-8,10,12,15H,2,5-6,9,11,13-14H2,(H,22,24). The van der Waals surface area contributed by atoms with Crippen LogP contribution < -0.4 is 5.32 Å². The van der Waals surface area contributed by atoms with E-state index in [1.807, 2.05) is 35.2 Å². The van der Waals surface area contributed by atoms with Crippen molar-refractivity contribution in [3.8, 4) is 0 Å². The molecule has 1 aliphatic heterocycles. The number of rotatable bonds is 5. The topological polar surface area (TPSA) is 62.3 Å². The van der Waals surface area contributed by atoms with Crippen LogP contribution in [0.4, 0.5) is 0 Å². The second-order valence-corrected chi connectivity index (χ2v) is 6.27. The highest BCUT2D eigenvalue weighted by Crippen LogP contribution is 2.13. The molecule has 2 aromatic rings. The molecule has 0 bridgehead atoms. The maximum atomic E-state index is 12.5. The number of amides is 2. The van der Waals surface area contributed by atoms with Crippen LogP contribution in [0.15, 0.2) is 48.7 Å². The summed E-state index contributed by atoms with van der Waals surface area (Å²) >= 11 is 0. The van der Waals surface area contributed by atoms with Crippen LogP contribution in [0.5, 0.6) is 0 Å². The molecule has 2 amide bonds. The summed E-state index contributed by atoms with van der Waals surface area (Å²) in [5.41, 5.74) is 1.99. The van der Waals surface area contributed by atoms with Gasteiger partial charge in [0.15, 0.2) is 0 Å². The van der Waals surface area contributed by atoms with Gasteiger partial charge in [-0.25, -0.2) is 0 Å². The van der Waals surface area contributed by atoms with E-state index < -0.39 is 0 Å². The van der Waals surface area contributed by atoms with Crippen LogP contribution >= 0.6 is 0 Å². The first-order valence-corrected chi connectivity index (χ1v) is 8.81. The number of hydrogen-bond donors (Lipinski definition) is 1. The Morgan fingerprint density at radius 2 is 1.80 bits per heavy atom. The van der Waals surface area contributed by atoms with Crippen molar-refractivity contribution in [2.45, 2.75) is 25.7 Å². The van der Waals surface area contributed by atoms with Crippen molar-refractivity contribution in [1.29, 1.82) is 0 Å². The first-order valence-electron chi connectivity index (χ1n) is 8.81. The van der Waals surface area contributed by atoms with Crippen LogP contribution in [0.2, 0.25) is 0 Å². The quantitative estimate of drug-likeness (QED) is 0.912. The zero-order valence-corrected chi connectivity index (χ0v) is 14.3. The summed E-state index contributed by atoms with van der Waals surface area (Å²) in [6.07, 6.45) is 5.56. The Kier molecular flexibility index (Phi) is 5.77. The molecule has 1 N–H and O–H groups in total. The highest BCUT2D eigenvalue weighted by molar-refractivity contribution is 5.98. The molecular formula is C20H23N3O2. The first kappa shape index (κ1) is 17.1. The normalized spacial score (nSPS) is 14.2. The minimum Gasteiger partial charge on any atom is -0.350 e. The van der Waals surface area contributed by atoms with E-state index in [4.69, 9.17) is 0 Å². The maximum Gasteiger partial charge on any atom is 0.269 e. The van der Waals surface area contributed by atoms with Gasteiger partial charge in [-0.2, -0.15) is 0 Å². The SMILES string of the molecule is O=C(NCCc1ccccc1)c1cc(C(=O)N2CCCCC2)ccn1. The second-order valence-electron chi connectivity index (χ2n) is 6.27. The average Bonchev–Trinajstić information content (AvgIpc) is 2.69. The number of aromatic nitrogens is 1. The van der Waals surface area contributed by atoms with Gasteiger partial charge in [0, 0.05) is 31.4 Å². The highest BCUT2D eigenvalue weighted by atomic mass is 16.2. The van der Waals surface area contributed by atoms with Crippen molar-refractivity contribution in [1.82, 2.24) is 15.2 Å². The first-order chi connectivity index (χ1) is 12.2. The second kappa shape index (κ2) is 8.42. The summed E-state index contributed by atoms with van der Waals surface area (Å²) in [4.78, 5) is 30.8. The van der Waals surface area contributed by atoms with Crippen LogP contribution in [0.3, 0.4) is 0 Å². The van der Waals surface area contributed by atoms with Crippen molar-refractivity contribution in [3.63, 3.8) is 0 Å². The third kappa shape index (κ3) is 4.66. The summed E-state index contributed by atoms with van der Waals surface area (Å²) in [6, 6.07) is 13.3. The molecular weight excluding hydrogens is 314 g/mol. The minimum atomic E-state index is -0.246. The lowest BCUT2D eigenvalue weighted by atomic mass is 10.1. The van der Waals surface area contributed by atoms with E-state index in [0.29, 0.717) is 12.1 Å². The van der Waals surface area contributed by atoms with Crippen molar-refractivity contribution in [2.75, 3.05) is 19.6 Å². The summed E-state index contributed by atoms with van der Waals surface area (Å²) in [5.74, 6) is -0.260. The van der Waals surface area contributed by atoms with Gasteiger partial charge in [-0.15, -0.1) is 0 Å². The molecule has 0 spiro atoms. The van der Waals surface area contributed by atoms with Gasteiger partial charge in [-0.1, -0.05) is 30.3 Å². The van der Waals surface area contributed by atoms with Crippen LogP contribution in [0, 0.1) is 0 Å². The third-order valence-electron chi connectivity index (χ3n) is 4.42. The fraction of sp³-hybridized carbons (Fsp3) is 0.350. The molecule has 0 atom stereocenters. The van der Waals surface area contributed by atoms with Crippen molar-refractivity contribution in [2.24, 2.45) is 0 Å². The number of hydrogen-bond acceptors (Lipinski definition) is 3. The summed E-state index contributed by atoms with van der Waals surface area (Å²) < 4.78 is 0. The maximum absolute atomic E-state index is 12.5. The fourth-order valence-electron chi connectivity index (χ4n) is 3.02. The van der Waals surface area contributed by atoms with Gasteiger partial charge >= 0.3 is 0 Å². The van der Waals surface area contributed by atoms with Gasteiger partial charge in [0.2, 0.25) is 0 Å². The molecule has 0 radical (unpaired) electrons. The van der Waals surface area contributed by atoms with E-state index >= 15 is 0 Å². The summed E-state index contributed by atoms with van der Waals surface area (Å²) in [6.45, 7) is 2.12. The Hall–Kier alpha value is -2.69. The molecule has 1 fully saturated rings. The molecule has 25 heavy (non-hydrogen) atoms. The van der Waals surface area contributed by atoms with Crippen molar-refractivity contribution in [3.05, 3.63) is 65.5 Å². The zero-order valence-electron chi connectivity index (χ0n) is 14.3. The number of likely N-dealkylation sites (tertiary alicyclic amines) is 1. The number of nitrogens with one attached hydrogen (secondary N) is 1. The molecule has 1 saturated heterocycles. The summed E-state index contributed by atoms with van der Waals surface area (Å²) in [7, 11) is 0. The Morgan fingerprint density at radius 1 is 1.04 bits per heavy atom. The molecule has 1 aromatic heterocycles. The Balaban J connectivity index is 1.58. The van der Waals surface area contributed by atoms with Gasteiger partial charge in [-0.05, 0) is 43.4 Å². The lowest BCUT2D eigenvalue weighted by molar-refractivity contribution is 0.0724. The molecule has 1 aromatic carbocycles. The van der Waals surface area contributed by atoms with E-state index in [-0.39, 0.29) is 17.5 Å². The number of benzene rings is 1. The van der Waals surface area contributed by atoms with Crippen LogP contribution in [0.25, 0.3) is 0 Å². The number of pyridine rings is 1. The molecule has 1 aliphatic rings. The van der Waals surface area contributed by atoms with Crippen molar-refractivity contribution >= 4 is 11.8 Å². The summed E-state index contributed by atoms with van der Waals surface area (Å²) in [5, 5.41) is 2.87. The van der Waals surface area contributed by atoms with E-state index in [2.05, 4.69) is 10.3 Å². The van der Waals surface area contributed by atoms with E-state index in [9.17, 15) is 9.59 Å². The van der Waals surface area contributed by atoms with Crippen LogP contribution in [-0.4, -0.2) is 41.3 Å². The third-order valence-corrected chi connectivity index (χ3v) is 4.42. The van der Waals surface area contributed by atoms with Gasteiger partial charge in [-0.3, -0.25) is 14.6 Å². The molecule has 5 heteroatoms. The van der Waals surface area contributed by atoms with Crippen molar-refractivity contribution < 1.29 is 9.59 Å².